The molecule has 0 heterocycles. The maximum atomic E-state index is 13.0. The highest BCUT2D eigenvalue weighted by molar-refractivity contribution is 5.85. The molecule has 0 saturated heterocycles. The Morgan fingerprint density at radius 1 is 0.482 bits per heavy atom. The molecule has 56 heavy (non-hydrogen) atoms. The number of ether oxygens (including phenoxy) is 2. The molecule has 0 aromatic heterocycles. The van der Waals surface area contributed by atoms with Gasteiger partial charge in [0.05, 0.1) is 0 Å². The molecule has 2 amide bonds. The fourth-order valence-electron chi connectivity index (χ4n) is 6.39. The minimum atomic E-state index is -0.829. The maximum Gasteiger partial charge on any atom is 0.329 e. The van der Waals surface area contributed by atoms with E-state index >= 15 is 0 Å². The lowest BCUT2D eigenvalue weighted by Crippen LogP contribution is -2.43. The molecule has 2 atom stereocenters. The summed E-state index contributed by atoms with van der Waals surface area (Å²) in [6.07, 6.45) is 22.3. The van der Waals surface area contributed by atoms with Crippen molar-refractivity contribution in [3.05, 3.63) is 71.8 Å². The smallest absolute Gasteiger partial charge is 0.329 e. The second kappa shape index (κ2) is 32.7. The van der Waals surface area contributed by atoms with Gasteiger partial charge < -0.3 is 20.1 Å². The van der Waals surface area contributed by atoms with Crippen LogP contribution < -0.4 is 10.6 Å². The van der Waals surface area contributed by atoms with Gasteiger partial charge in [-0.15, -0.1) is 0 Å². The third-order valence-electron chi connectivity index (χ3n) is 9.63. The van der Waals surface area contributed by atoms with Crippen LogP contribution in [-0.4, -0.2) is 49.1 Å². The standard InChI is InChI=1S/C48H68N2O6/c1-3-5-7-9-11-13-15-17-27-35-45(51)49-43(39-41-31-23-21-24-32-41)47(53)55-37-29-19-20-30-38-56-48(54)44(40-42-33-25-22-26-34-42)50-46(52)36-28-18-16-14-12-10-8-6-4-2/h21-26,31-34,43-44H,3-18,27-28,35-40H2,1-2H3,(H,49,51)(H,50,52)/t43-,44-/m0/s1. The summed E-state index contributed by atoms with van der Waals surface area (Å²) in [4.78, 5) is 51.5. The minimum Gasteiger partial charge on any atom is -0.451 e. The van der Waals surface area contributed by atoms with Crippen LogP contribution in [0.5, 0.6) is 0 Å². The topological polar surface area (TPSA) is 111 Å². The number of hydrogen-bond acceptors (Lipinski definition) is 6. The van der Waals surface area contributed by atoms with Crippen LogP contribution >= 0.6 is 0 Å². The van der Waals surface area contributed by atoms with E-state index in [1.54, 1.807) is 0 Å². The van der Waals surface area contributed by atoms with E-state index in [1.807, 2.05) is 60.7 Å². The zero-order chi connectivity index (χ0) is 40.3. The van der Waals surface area contributed by atoms with Crippen molar-refractivity contribution in [2.45, 2.75) is 167 Å². The Morgan fingerprint density at radius 3 is 1.14 bits per heavy atom. The van der Waals surface area contributed by atoms with Gasteiger partial charge in [-0.25, -0.2) is 9.59 Å². The lowest BCUT2D eigenvalue weighted by molar-refractivity contribution is -0.146. The fourth-order valence-corrected chi connectivity index (χ4v) is 6.39. The zero-order valence-electron chi connectivity index (χ0n) is 34.3. The highest BCUT2D eigenvalue weighted by Gasteiger charge is 2.23. The lowest BCUT2D eigenvalue weighted by atomic mass is 10.0. The molecule has 0 saturated carbocycles. The molecular weight excluding hydrogens is 701 g/mol. The van der Waals surface area contributed by atoms with Crippen LogP contribution in [0.4, 0.5) is 0 Å². The van der Waals surface area contributed by atoms with Crippen molar-refractivity contribution in [2.75, 3.05) is 13.2 Å². The number of carbonyl (C=O) groups excluding carboxylic acids is 4. The van der Waals surface area contributed by atoms with Crippen molar-refractivity contribution >= 4 is 23.8 Å². The predicted molar refractivity (Wildman–Crippen MR) is 225 cm³/mol. The van der Waals surface area contributed by atoms with Crippen molar-refractivity contribution in [1.82, 2.24) is 10.6 Å². The molecule has 0 radical (unpaired) electrons. The van der Waals surface area contributed by atoms with Crippen LogP contribution in [0, 0.1) is 23.7 Å². The van der Waals surface area contributed by atoms with Gasteiger partial charge in [0.25, 0.3) is 0 Å². The Balaban J connectivity index is 1.79. The number of carbonyl (C=O) groups is 4. The van der Waals surface area contributed by atoms with Gasteiger partial charge in [-0.1, -0.05) is 177 Å². The Labute approximate surface area is 338 Å². The highest BCUT2D eigenvalue weighted by Crippen LogP contribution is 2.13. The number of amides is 2. The second-order valence-corrected chi connectivity index (χ2v) is 14.6. The minimum absolute atomic E-state index is 0.165. The third kappa shape index (κ3) is 24.8. The molecule has 0 fully saturated rings. The molecule has 0 aliphatic heterocycles. The number of esters is 2. The van der Waals surface area contributed by atoms with Crippen molar-refractivity contribution in [3.63, 3.8) is 0 Å². The molecule has 0 spiro atoms. The van der Waals surface area contributed by atoms with E-state index in [0.717, 1.165) is 49.7 Å². The number of unbranched alkanes of at least 4 members (excludes halogenated alkanes) is 16. The van der Waals surface area contributed by atoms with E-state index in [4.69, 9.17) is 9.47 Å². The summed E-state index contributed by atoms with van der Waals surface area (Å²) in [5.41, 5.74) is 1.82. The van der Waals surface area contributed by atoms with Crippen LogP contribution in [0.25, 0.3) is 0 Å². The molecule has 0 bridgehead atoms. The molecule has 8 heteroatoms. The fraction of sp³-hybridized carbons (Fsp3) is 0.583. The van der Waals surface area contributed by atoms with Crippen molar-refractivity contribution in [1.29, 1.82) is 0 Å². The van der Waals surface area contributed by atoms with Gasteiger partial charge in [0.1, 0.15) is 12.1 Å². The predicted octanol–water partition coefficient (Wildman–Crippen LogP) is 9.38. The van der Waals surface area contributed by atoms with Gasteiger partial charge in [-0.2, -0.15) is 0 Å². The van der Waals surface area contributed by atoms with E-state index in [2.05, 4.69) is 48.2 Å². The van der Waals surface area contributed by atoms with E-state index in [-0.39, 0.29) is 25.0 Å². The first-order valence-corrected chi connectivity index (χ1v) is 21.4. The summed E-state index contributed by atoms with van der Waals surface area (Å²) in [5.74, 6) is 9.17. The van der Waals surface area contributed by atoms with Crippen LogP contribution in [0.15, 0.2) is 60.7 Å². The Kier molecular flexibility index (Phi) is 27.8. The normalized spacial score (nSPS) is 11.5. The van der Waals surface area contributed by atoms with Gasteiger partial charge in [-0.3, -0.25) is 9.59 Å². The van der Waals surface area contributed by atoms with Crippen LogP contribution in [0.2, 0.25) is 0 Å². The van der Waals surface area contributed by atoms with Crippen LogP contribution in [-0.2, 0) is 41.5 Å². The van der Waals surface area contributed by atoms with Crippen molar-refractivity contribution in [3.8, 4) is 23.7 Å². The summed E-state index contributed by atoms with van der Waals surface area (Å²) in [5, 5.41) is 5.73. The first-order valence-electron chi connectivity index (χ1n) is 21.4. The van der Waals surface area contributed by atoms with E-state index in [0.29, 0.717) is 25.7 Å². The SMILES string of the molecule is CCCCCCCCCCCC(=O)N[C@@H](Cc1ccccc1)C(=O)OCC#CC#CCOC(=O)[C@H](Cc1ccccc1)NC(=O)CCCCCCCCCCC. The van der Waals surface area contributed by atoms with Gasteiger partial charge in [0, 0.05) is 25.7 Å². The average molecular weight is 769 g/mol. The van der Waals surface area contributed by atoms with Crippen molar-refractivity contribution < 1.29 is 28.7 Å². The average Bonchev–Trinajstić information content (AvgIpc) is 3.20. The molecule has 0 aliphatic rings. The first kappa shape index (κ1) is 47.6. The summed E-state index contributed by atoms with van der Waals surface area (Å²) in [6, 6.07) is 17.3. The van der Waals surface area contributed by atoms with E-state index < -0.39 is 24.0 Å². The quantitative estimate of drug-likeness (QED) is 0.0466. The molecule has 2 N–H and O–H groups in total. The van der Waals surface area contributed by atoms with E-state index in [9.17, 15) is 19.2 Å². The molecule has 2 aromatic carbocycles. The lowest BCUT2D eigenvalue weighted by Gasteiger charge is -2.17. The molecule has 2 aromatic rings. The Morgan fingerprint density at radius 2 is 0.804 bits per heavy atom. The van der Waals surface area contributed by atoms with Gasteiger partial charge in [0.15, 0.2) is 13.2 Å². The van der Waals surface area contributed by atoms with Gasteiger partial charge >= 0.3 is 11.9 Å². The molecule has 306 valence electrons. The Bertz CT molecular complexity index is 1370. The summed E-state index contributed by atoms with van der Waals surface area (Å²) >= 11 is 0. The Hall–Kier alpha value is -4.56. The van der Waals surface area contributed by atoms with Gasteiger partial charge in [0.2, 0.25) is 11.8 Å². The number of hydrogen-bond donors (Lipinski definition) is 2. The first-order chi connectivity index (χ1) is 27.4. The zero-order valence-corrected chi connectivity index (χ0v) is 34.3. The highest BCUT2D eigenvalue weighted by atomic mass is 16.5. The summed E-state index contributed by atoms with van der Waals surface area (Å²) in [7, 11) is 0. The number of benzene rings is 2. The van der Waals surface area contributed by atoms with Crippen molar-refractivity contribution in [2.24, 2.45) is 0 Å². The molecular formula is C48H68N2O6. The monoisotopic (exact) mass is 769 g/mol. The summed E-state index contributed by atoms with van der Waals surface area (Å²) in [6.45, 7) is 4.04. The number of nitrogens with one attached hydrogen (secondary N) is 2. The maximum absolute atomic E-state index is 13.0. The van der Waals surface area contributed by atoms with E-state index in [1.165, 1.54) is 77.0 Å². The third-order valence-corrected chi connectivity index (χ3v) is 9.63. The molecule has 8 nitrogen and oxygen atoms in total. The van der Waals surface area contributed by atoms with Crippen LogP contribution in [0.3, 0.4) is 0 Å². The summed E-state index contributed by atoms with van der Waals surface area (Å²) < 4.78 is 10.8. The van der Waals surface area contributed by atoms with Gasteiger partial charge in [-0.05, 0) is 47.7 Å². The molecule has 0 unspecified atom stereocenters. The number of rotatable bonds is 30. The second-order valence-electron chi connectivity index (χ2n) is 14.6. The van der Waals surface area contributed by atoms with Crippen LogP contribution in [0.1, 0.15) is 153 Å². The molecule has 2 rings (SSSR count). The largest absolute Gasteiger partial charge is 0.451 e. The molecule has 0 aliphatic carbocycles.